The van der Waals surface area contributed by atoms with Gasteiger partial charge in [0.2, 0.25) is 0 Å². The number of ether oxygens (including phenoxy) is 1. The van der Waals surface area contributed by atoms with Gasteiger partial charge in [-0.25, -0.2) is 0 Å². The van der Waals surface area contributed by atoms with Crippen molar-refractivity contribution in [3.8, 4) is 0 Å². The van der Waals surface area contributed by atoms with Gasteiger partial charge in [-0.15, -0.1) is 0 Å². The largest absolute Gasteiger partial charge is 0.378 e. The molecule has 3 unspecified atom stereocenters. The molecule has 0 amide bonds. The van der Waals surface area contributed by atoms with Crippen molar-refractivity contribution in [2.75, 3.05) is 6.61 Å². The van der Waals surface area contributed by atoms with Crippen LogP contribution in [0.1, 0.15) is 78.1 Å². The van der Waals surface area contributed by atoms with E-state index in [2.05, 4.69) is 19.2 Å². The Hall–Kier alpha value is -0.0800. The lowest BCUT2D eigenvalue weighted by molar-refractivity contribution is -0.176. The van der Waals surface area contributed by atoms with Gasteiger partial charge in [0.05, 0.1) is 6.10 Å². The summed E-state index contributed by atoms with van der Waals surface area (Å²) in [7, 11) is 0. The third-order valence-corrected chi connectivity index (χ3v) is 6.51. The van der Waals surface area contributed by atoms with E-state index in [-0.39, 0.29) is 0 Å². The molecule has 0 aromatic heterocycles. The van der Waals surface area contributed by atoms with Crippen LogP contribution in [0, 0.1) is 11.3 Å². The van der Waals surface area contributed by atoms with Crippen LogP contribution in [0.4, 0.5) is 0 Å². The Labute approximate surface area is 125 Å². The molecule has 0 aromatic carbocycles. The highest BCUT2D eigenvalue weighted by atomic mass is 16.5. The molecule has 0 heterocycles. The molecule has 0 saturated heterocycles. The molecule has 1 N–H and O–H groups in total. The molecule has 1 spiro atoms. The minimum atomic E-state index is 0.526. The van der Waals surface area contributed by atoms with Crippen LogP contribution in [0.15, 0.2) is 0 Å². The molecule has 3 aliphatic rings. The van der Waals surface area contributed by atoms with E-state index in [1.165, 1.54) is 64.2 Å². The Balaban J connectivity index is 1.56. The highest BCUT2D eigenvalue weighted by Crippen LogP contribution is 2.57. The van der Waals surface area contributed by atoms with Crippen molar-refractivity contribution in [1.29, 1.82) is 0 Å². The van der Waals surface area contributed by atoms with Gasteiger partial charge in [0, 0.05) is 24.1 Å². The molecule has 2 nitrogen and oxygen atoms in total. The van der Waals surface area contributed by atoms with Crippen molar-refractivity contribution in [2.24, 2.45) is 11.3 Å². The molecule has 20 heavy (non-hydrogen) atoms. The summed E-state index contributed by atoms with van der Waals surface area (Å²) in [5.74, 6) is 0.942. The Morgan fingerprint density at radius 1 is 1.10 bits per heavy atom. The summed E-state index contributed by atoms with van der Waals surface area (Å²) in [5.41, 5.74) is 0.526. The highest BCUT2D eigenvalue weighted by molar-refractivity contribution is 5.12. The monoisotopic (exact) mass is 279 g/mol. The number of hydrogen-bond donors (Lipinski definition) is 1. The van der Waals surface area contributed by atoms with Crippen LogP contribution in [-0.2, 0) is 4.74 Å². The molecule has 0 aromatic rings. The van der Waals surface area contributed by atoms with Gasteiger partial charge in [-0.1, -0.05) is 32.6 Å². The first-order valence-electron chi connectivity index (χ1n) is 9.17. The normalized spacial score (nSPS) is 34.5. The first-order valence-corrected chi connectivity index (χ1v) is 9.17. The molecule has 2 heteroatoms. The van der Waals surface area contributed by atoms with Crippen molar-refractivity contribution in [1.82, 2.24) is 5.32 Å². The van der Waals surface area contributed by atoms with Crippen molar-refractivity contribution in [3.05, 3.63) is 0 Å². The number of nitrogens with one attached hydrogen (secondary N) is 1. The fourth-order valence-electron chi connectivity index (χ4n) is 5.05. The van der Waals surface area contributed by atoms with Gasteiger partial charge in [-0.05, 0) is 51.4 Å². The smallest absolute Gasteiger partial charge is 0.0661 e. The lowest BCUT2D eigenvalue weighted by atomic mass is 9.50. The average Bonchev–Trinajstić information content (AvgIpc) is 2.41. The SMILES string of the molecule is CCOC1CC(NC(CC)C2CCCCC2)C12CCC2. The second kappa shape index (κ2) is 6.36. The Morgan fingerprint density at radius 3 is 2.40 bits per heavy atom. The van der Waals surface area contributed by atoms with Gasteiger partial charge in [0.15, 0.2) is 0 Å². The van der Waals surface area contributed by atoms with Crippen LogP contribution in [0.3, 0.4) is 0 Å². The second-order valence-electron chi connectivity index (χ2n) is 7.40. The van der Waals surface area contributed by atoms with E-state index in [4.69, 9.17) is 4.74 Å². The van der Waals surface area contributed by atoms with Crippen LogP contribution in [-0.4, -0.2) is 24.8 Å². The lowest BCUT2D eigenvalue weighted by Gasteiger charge is -2.62. The zero-order chi connectivity index (χ0) is 14.0. The zero-order valence-electron chi connectivity index (χ0n) is 13.5. The van der Waals surface area contributed by atoms with Crippen molar-refractivity contribution in [3.63, 3.8) is 0 Å². The van der Waals surface area contributed by atoms with E-state index in [1.807, 2.05) is 0 Å². The molecule has 3 rings (SSSR count). The van der Waals surface area contributed by atoms with Crippen molar-refractivity contribution < 1.29 is 4.74 Å². The molecule has 0 radical (unpaired) electrons. The first-order chi connectivity index (χ1) is 9.80. The maximum atomic E-state index is 5.99. The minimum absolute atomic E-state index is 0.526. The average molecular weight is 279 g/mol. The zero-order valence-corrected chi connectivity index (χ0v) is 13.5. The van der Waals surface area contributed by atoms with Gasteiger partial charge >= 0.3 is 0 Å². The quantitative estimate of drug-likeness (QED) is 0.783. The lowest BCUT2D eigenvalue weighted by Crippen LogP contribution is -2.68. The molecular formula is C18H33NO. The Bertz CT molecular complexity index is 307. The van der Waals surface area contributed by atoms with Crippen molar-refractivity contribution >= 4 is 0 Å². The Morgan fingerprint density at radius 2 is 1.85 bits per heavy atom. The molecule has 3 saturated carbocycles. The van der Waals surface area contributed by atoms with E-state index in [1.54, 1.807) is 0 Å². The van der Waals surface area contributed by atoms with E-state index >= 15 is 0 Å². The van der Waals surface area contributed by atoms with Crippen LogP contribution < -0.4 is 5.32 Å². The molecule has 3 aliphatic carbocycles. The summed E-state index contributed by atoms with van der Waals surface area (Å²) in [6.45, 7) is 5.40. The summed E-state index contributed by atoms with van der Waals surface area (Å²) in [4.78, 5) is 0. The fourth-order valence-corrected chi connectivity index (χ4v) is 5.05. The van der Waals surface area contributed by atoms with Crippen LogP contribution in [0.5, 0.6) is 0 Å². The van der Waals surface area contributed by atoms with Gasteiger partial charge in [-0.3, -0.25) is 0 Å². The summed E-state index contributed by atoms with van der Waals surface area (Å²) in [6.07, 6.45) is 14.6. The second-order valence-corrected chi connectivity index (χ2v) is 7.40. The van der Waals surface area contributed by atoms with Crippen LogP contribution >= 0.6 is 0 Å². The minimum Gasteiger partial charge on any atom is -0.378 e. The summed E-state index contributed by atoms with van der Waals surface area (Å²) in [6, 6.07) is 1.51. The third-order valence-electron chi connectivity index (χ3n) is 6.51. The maximum Gasteiger partial charge on any atom is 0.0661 e. The van der Waals surface area contributed by atoms with E-state index in [9.17, 15) is 0 Å². The van der Waals surface area contributed by atoms with E-state index < -0.39 is 0 Å². The van der Waals surface area contributed by atoms with Crippen molar-refractivity contribution in [2.45, 2.75) is 96.2 Å². The van der Waals surface area contributed by atoms with Crippen LogP contribution in [0.25, 0.3) is 0 Å². The molecule has 3 atom stereocenters. The summed E-state index contributed by atoms with van der Waals surface area (Å²) >= 11 is 0. The summed E-state index contributed by atoms with van der Waals surface area (Å²) < 4.78 is 5.99. The van der Waals surface area contributed by atoms with E-state index in [0.29, 0.717) is 11.5 Å². The van der Waals surface area contributed by atoms with Gasteiger partial charge in [-0.2, -0.15) is 0 Å². The molecular weight excluding hydrogens is 246 g/mol. The maximum absolute atomic E-state index is 5.99. The van der Waals surface area contributed by atoms with E-state index in [0.717, 1.165) is 24.6 Å². The van der Waals surface area contributed by atoms with Gasteiger partial charge in [0.25, 0.3) is 0 Å². The topological polar surface area (TPSA) is 21.3 Å². The summed E-state index contributed by atoms with van der Waals surface area (Å²) in [5, 5.41) is 4.07. The molecule has 0 aliphatic heterocycles. The highest BCUT2D eigenvalue weighted by Gasteiger charge is 2.59. The first kappa shape index (κ1) is 14.8. The Kier molecular flexibility index (Phi) is 4.72. The molecule has 3 fully saturated rings. The third kappa shape index (κ3) is 2.54. The standard InChI is InChI=1S/C18H33NO/c1-3-15(14-9-6-5-7-10-14)19-16-13-17(20-4-2)18(16)11-8-12-18/h14-17,19H,3-13H2,1-2H3. The molecule has 0 bridgehead atoms. The predicted octanol–water partition coefficient (Wildman–Crippen LogP) is 4.28. The number of rotatable bonds is 6. The van der Waals surface area contributed by atoms with Gasteiger partial charge < -0.3 is 10.1 Å². The fraction of sp³-hybridized carbons (Fsp3) is 1.00. The number of hydrogen-bond acceptors (Lipinski definition) is 2. The van der Waals surface area contributed by atoms with Crippen LogP contribution in [0.2, 0.25) is 0 Å². The molecule has 116 valence electrons. The van der Waals surface area contributed by atoms with Gasteiger partial charge in [0.1, 0.15) is 0 Å². The predicted molar refractivity (Wildman–Crippen MR) is 83.9 cm³/mol.